The van der Waals surface area contributed by atoms with Crippen LogP contribution in [0, 0.1) is 5.92 Å². The van der Waals surface area contributed by atoms with E-state index in [1.54, 1.807) is 0 Å². The number of carboxylic acid groups (broad SMARTS) is 1. The zero-order valence-corrected chi connectivity index (χ0v) is 9.21. The van der Waals surface area contributed by atoms with Crippen LogP contribution in [0.25, 0.3) is 0 Å². The molecule has 16 heavy (non-hydrogen) atoms. The van der Waals surface area contributed by atoms with Gasteiger partial charge in [-0.3, -0.25) is 4.79 Å². The average molecular weight is 226 g/mol. The van der Waals surface area contributed by atoms with E-state index in [-0.39, 0.29) is 11.3 Å². The molecule has 0 aliphatic carbocycles. The summed E-state index contributed by atoms with van der Waals surface area (Å²) in [5, 5.41) is 12.3. The number of aromatic nitrogens is 2. The van der Waals surface area contributed by atoms with Crippen LogP contribution in [0.4, 0.5) is 0 Å². The number of carbonyl (C=O) groups is 1. The molecular weight excluding hydrogens is 212 g/mol. The summed E-state index contributed by atoms with van der Waals surface area (Å²) in [5.41, 5.74) is -0.295. The van der Waals surface area contributed by atoms with Gasteiger partial charge in [-0.25, -0.2) is 9.48 Å². The second kappa shape index (κ2) is 5.29. The van der Waals surface area contributed by atoms with Gasteiger partial charge in [0.1, 0.15) is 5.75 Å². The highest BCUT2D eigenvalue weighted by Crippen LogP contribution is 2.03. The van der Waals surface area contributed by atoms with Crippen molar-refractivity contribution in [3.63, 3.8) is 0 Å². The topological polar surface area (TPSA) is 81.4 Å². The fourth-order valence-electron chi connectivity index (χ4n) is 1.12. The third-order valence-electron chi connectivity index (χ3n) is 1.74. The molecule has 0 aliphatic rings. The van der Waals surface area contributed by atoms with Crippen LogP contribution < -0.4 is 10.3 Å². The van der Waals surface area contributed by atoms with Gasteiger partial charge in [-0.2, -0.15) is 5.10 Å². The molecule has 0 unspecified atom stereocenters. The molecular formula is C10H14N2O4. The van der Waals surface area contributed by atoms with Crippen molar-refractivity contribution in [3.05, 3.63) is 22.6 Å². The van der Waals surface area contributed by atoms with Crippen LogP contribution in [0.3, 0.4) is 0 Å². The lowest BCUT2D eigenvalue weighted by atomic mass is 10.2. The van der Waals surface area contributed by atoms with Gasteiger partial charge in [-0.15, -0.1) is 0 Å². The molecule has 1 rings (SSSR count). The first-order valence-electron chi connectivity index (χ1n) is 4.91. The predicted octanol–water partition coefficient (Wildman–Crippen LogP) is 0.363. The summed E-state index contributed by atoms with van der Waals surface area (Å²) in [6.07, 6.45) is 1.34. The van der Waals surface area contributed by atoms with E-state index in [1.165, 1.54) is 16.9 Å². The van der Waals surface area contributed by atoms with Gasteiger partial charge in [0, 0.05) is 12.6 Å². The molecule has 0 amide bonds. The van der Waals surface area contributed by atoms with Crippen LogP contribution in [0.1, 0.15) is 13.8 Å². The van der Waals surface area contributed by atoms with Gasteiger partial charge in [0.05, 0.1) is 6.20 Å². The van der Waals surface area contributed by atoms with Crippen molar-refractivity contribution in [2.24, 2.45) is 5.92 Å². The minimum Gasteiger partial charge on any atom is -0.480 e. The molecule has 0 bridgehead atoms. The molecule has 1 heterocycles. The maximum absolute atomic E-state index is 11.5. The Bertz CT molecular complexity index is 425. The Balaban J connectivity index is 2.75. The zero-order chi connectivity index (χ0) is 12.1. The molecule has 6 heteroatoms. The second-order valence-corrected chi connectivity index (χ2v) is 3.79. The first kappa shape index (κ1) is 12.2. The van der Waals surface area contributed by atoms with E-state index >= 15 is 0 Å². The Labute approximate surface area is 92.5 Å². The summed E-state index contributed by atoms with van der Waals surface area (Å²) in [4.78, 5) is 21.7. The summed E-state index contributed by atoms with van der Waals surface area (Å²) in [6, 6.07) is 1.23. The van der Waals surface area contributed by atoms with E-state index in [0.717, 1.165) is 0 Å². The van der Waals surface area contributed by atoms with E-state index in [1.807, 2.05) is 13.8 Å². The maximum Gasteiger partial charge on any atom is 0.341 e. The molecule has 0 saturated heterocycles. The molecule has 88 valence electrons. The first-order chi connectivity index (χ1) is 7.49. The molecule has 0 atom stereocenters. The highest BCUT2D eigenvalue weighted by atomic mass is 16.5. The van der Waals surface area contributed by atoms with Gasteiger partial charge >= 0.3 is 5.97 Å². The average Bonchev–Trinajstić information content (AvgIpc) is 2.18. The third-order valence-corrected chi connectivity index (χ3v) is 1.74. The van der Waals surface area contributed by atoms with Gasteiger partial charge in [-0.1, -0.05) is 13.8 Å². The van der Waals surface area contributed by atoms with Crippen molar-refractivity contribution in [1.82, 2.24) is 9.78 Å². The Morgan fingerprint density at radius 2 is 2.31 bits per heavy atom. The minimum absolute atomic E-state index is 0.174. The van der Waals surface area contributed by atoms with Crippen LogP contribution in [-0.2, 0) is 11.3 Å². The second-order valence-electron chi connectivity index (χ2n) is 3.79. The van der Waals surface area contributed by atoms with Gasteiger partial charge in [0.2, 0.25) is 0 Å². The Kier molecular flexibility index (Phi) is 4.04. The fraction of sp³-hybridized carbons (Fsp3) is 0.500. The number of nitrogens with zero attached hydrogens (tertiary/aromatic N) is 2. The Morgan fingerprint density at radius 3 is 2.81 bits per heavy atom. The molecule has 6 nitrogen and oxygen atoms in total. The van der Waals surface area contributed by atoms with E-state index in [4.69, 9.17) is 9.84 Å². The van der Waals surface area contributed by atoms with Crippen LogP contribution in [0.5, 0.6) is 5.75 Å². The summed E-state index contributed by atoms with van der Waals surface area (Å²) < 4.78 is 6.15. The van der Waals surface area contributed by atoms with Gasteiger partial charge in [-0.05, 0) is 5.92 Å². The van der Waals surface area contributed by atoms with Crippen molar-refractivity contribution in [2.75, 3.05) is 6.61 Å². The highest BCUT2D eigenvalue weighted by molar-refractivity contribution is 5.68. The standard InChI is InChI=1S/C10H14N2O4/c1-7(2)5-12-9(13)3-8(4-11-12)16-6-10(14)15/h3-4,7H,5-6H2,1-2H3,(H,14,15). The molecule has 0 fully saturated rings. The number of aliphatic carboxylic acids is 1. The summed E-state index contributed by atoms with van der Waals surface area (Å²) >= 11 is 0. The lowest BCUT2D eigenvalue weighted by Gasteiger charge is -2.08. The maximum atomic E-state index is 11.5. The molecule has 0 aromatic carbocycles. The van der Waals surface area contributed by atoms with E-state index in [9.17, 15) is 9.59 Å². The van der Waals surface area contributed by atoms with Crippen molar-refractivity contribution < 1.29 is 14.6 Å². The summed E-state index contributed by atoms with van der Waals surface area (Å²) in [5.74, 6) is -0.602. The number of carboxylic acids is 1. The Hall–Kier alpha value is -1.85. The van der Waals surface area contributed by atoms with Crippen molar-refractivity contribution in [1.29, 1.82) is 0 Å². The lowest BCUT2D eigenvalue weighted by Crippen LogP contribution is -2.24. The molecule has 0 spiro atoms. The van der Waals surface area contributed by atoms with Crippen LogP contribution in [0.2, 0.25) is 0 Å². The highest BCUT2D eigenvalue weighted by Gasteiger charge is 2.04. The summed E-state index contributed by atoms with van der Waals surface area (Å²) in [7, 11) is 0. The zero-order valence-electron chi connectivity index (χ0n) is 9.21. The van der Waals surface area contributed by atoms with Gasteiger partial charge in [0.15, 0.2) is 6.61 Å². The fourth-order valence-corrected chi connectivity index (χ4v) is 1.12. The molecule has 1 aromatic heterocycles. The summed E-state index contributed by atoms with van der Waals surface area (Å²) in [6.45, 7) is 4.00. The van der Waals surface area contributed by atoms with E-state index < -0.39 is 12.6 Å². The predicted molar refractivity (Wildman–Crippen MR) is 56.5 cm³/mol. The van der Waals surface area contributed by atoms with E-state index in [0.29, 0.717) is 12.5 Å². The van der Waals surface area contributed by atoms with Crippen LogP contribution in [0.15, 0.2) is 17.1 Å². The number of rotatable bonds is 5. The molecule has 0 radical (unpaired) electrons. The minimum atomic E-state index is -1.09. The number of hydrogen-bond donors (Lipinski definition) is 1. The van der Waals surface area contributed by atoms with Crippen molar-refractivity contribution in [2.45, 2.75) is 20.4 Å². The third kappa shape index (κ3) is 3.72. The van der Waals surface area contributed by atoms with Gasteiger partial charge in [0.25, 0.3) is 5.56 Å². The Morgan fingerprint density at radius 1 is 1.62 bits per heavy atom. The quantitative estimate of drug-likeness (QED) is 0.784. The molecule has 0 aliphatic heterocycles. The molecule has 1 N–H and O–H groups in total. The number of hydrogen-bond acceptors (Lipinski definition) is 4. The molecule has 0 saturated carbocycles. The van der Waals surface area contributed by atoms with E-state index in [2.05, 4.69) is 5.10 Å². The SMILES string of the molecule is CC(C)Cn1ncc(OCC(=O)O)cc1=O. The normalized spacial score (nSPS) is 10.4. The van der Waals surface area contributed by atoms with Crippen LogP contribution in [-0.4, -0.2) is 27.5 Å². The van der Waals surface area contributed by atoms with Crippen molar-refractivity contribution >= 4 is 5.97 Å². The first-order valence-corrected chi connectivity index (χ1v) is 4.91. The van der Waals surface area contributed by atoms with Gasteiger partial charge < -0.3 is 9.84 Å². The largest absolute Gasteiger partial charge is 0.480 e. The monoisotopic (exact) mass is 226 g/mol. The number of ether oxygens (including phenoxy) is 1. The smallest absolute Gasteiger partial charge is 0.341 e. The van der Waals surface area contributed by atoms with Crippen molar-refractivity contribution in [3.8, 4) is 5.75 Å². The molecule has 1 aromatic rings. The van der Waals surface area contributed by atoms with Crippen LogP contribution >= 0.6 is 0 Å². The lowest BCUT2D eigenvalue weighted by molar-refractivity contribution is -0.139.